The molecule has 2 aromatic rings. The number of amides is 4. The van der Waals surface area contributed by atoms with Crippen LogP contribution in [0.3, 0.4) is 0 Å². The van der Waals surface area contributed by atoms with Crippen molar-refractivity contribution in [1.29, 1.82) is 0 Å². The number of pyridine rings is 1. The molecule has 2 saturated carbocycles. The lowest BCUT2D eigenvalue weighted by atomic mass is 9.85. The lowest BCUT2D eigenvalue weighted by Gasteiger charge is -2.33. The predicted molar refractivity (Wildman–Crippen MR) is 192 cm³/mol. The van der Waals surface area contributed by atoms with Crippen molar-refractivity contribution in [3.05, 3.63) is 42.6 Å². The SMILES string of the molecule is CCOc1cnc(O[C@@H]2C[C@H]3C(=O)N[C@]4(C(=O)NS(=O)(=O)C5(C)CC5)C[C@H]4/C=C\CC[C@H](C)C[C@@H](CC)[C@H](NC(=O)O)C(=O)N3C2)c2ccccc12. The maximum atomic E-state index is 14.5. The molecule has 0 radical (unpaired) electrons. The van der Waals surface area contributed by atoms with Crippen LogP contribution < -0.4 is 24.8 Å². The molecule has 4 aliphatic rings. The molecule has 7 atom stereocenters. The van der Waals surface area contributed by atoms with E-state index in [1.54, 1.807) is 13.1 Å². The molecule has 2 aliphatic heterocycles. The third kappa shape index (κ3) is 7.42. The lowest BCUT2D eigenvalue weighted by Crippen LogP contribution is -2.59. The fourth-order valence-electron chi connectivity index (χ4n) is 7.61. The summed E-state index contributed by atoms with van der Waals surface area (Å²) in [6, 6.07) is 5.13. The summed E-state index contributed by atoms with van der Waals surface area (Å²) in [4.78, 5) is 60.6. The number of allylic oxidation sites excluding steroid dienone is 1. The minimum Gasteiger partial charge on any atom is -0.492 e. The zero-order chi connectivity index (χ0) is 37.4. The normalized spacial score (nSPS) is 30.8. The van der Waals surface area contributed by atoms with Gasteiger partial charge in [0, 0.05) is 23.1 Å². The van der Waals surface area contributed by atoms with Crippen molar-refractivity contribution in [1.82, 2.24) is 25.2 Å². The maximum Gasteiger partial charge on any atom is 0.405 e. The summed E-state index contributed by atoms with van der Waals surface area (Å²) in [6.07, 6.45) is 6.83. The number of nitrogens with one attached hydrogen (secondary N) is 3. The van der Waals surface area contributed by atoms with Gasteiger partial charge in [-0.2, -0.15) is 0 Å². The van der Waals surface area contributed by atoms with Crippen LogP contribution in [0.2, 0.25) is 0 Å². The van der Waals surface area contributed by atoms with E-state index in [1.165, 1.54) is 4.90 Å². The second-order valence-corrected chi connectivity index (χ2v) is 17.2. The molecule has 52 heavy (non-hydrogen) atoms. The Morgan fingerprint density at radius 3 is 2.54 bits per heavy atom. The molecule has 4 N–H and O–H groups in total. The predicted octanol–water partition coefficient (Wildman–Crippen LogP) is 3.89. The minimum absolute atomic E-state index is 0.0162. The quantitative estimate of drug-likeness (QED) is 0.274. The molecule has 1 saturated heterocycles. The van der Waals surface area contributed by atoms with E-state index < -0.39 is 68.2 Å². The molecule has 0 spiro atoms. The number of rotatable bonds is 9. The number of fused-ring (bicyclic) bond motifs is 3. The number of aromatic nitrogens is 1. The van der Waals surface area contributed by atoms with Gasteiger partial charge in [-0.05, 0) is 70.3 Å². The van der Waals surface area contributed by atoms with Gasteiger partial charge in [0.05, 0.1) is 24.1 Å². The first kappa shape index (κ1) is 37.4. The molecule has 3 heterocycles. The van der Waals surface area contributed by atoms with Crippen LogP contribution in [0.4, 0.5) is 4.79 Å². The van der Waals surface area contributed by atoms with Crippen LogP contribution >= 0.6 is 0 Å². The van der Waals surface area contributed by atoms with Gasteiger partial charge in [-0.25, -0.2) is 18.2 Å². The van der Waals surface area contributed by atoms with Gasteiger partial charge in [0.15, 0.2) is 0 Å². The van der Waals surface area contributed by atoms with Crippen molar-refractivity contribution >= 4 is 44.6 Å². The van der Waals surface area contributed by atoms with Gasteiger partial charge in [-0.15, -0.1) is 0 Å². The standard InChI is InChI=1S/C37H49N5O9S/c1-5-23-17-22(3)11-7-8-12-24-19-37(24,34(45)41-52(48,49)36(4)15-16-36)40-31(43)28-18-25(21-42(28)33(44)30(23)39-35(46)47)51-32-27-14-10-9-13-26(27)29(20-38-32)50-6-2/h8-10,12-14,20,22-25,28,30,39H,5-7,11,15-19,21H2,1-4H3,(H,40,43)(H,41,45)(H,46,47)/b12-8-/t22-,23+,24+,25+,28-,30-,37+/m0/s1. The number of benzene rings is 1. The first-order chi connectivity index (χ1) is 24.7. The highest BCUT2D eigenvalue weighted by Gasteiger charge is 2.63. The number of sulfonamides is 1. The van der Waals surface area contributed by atoms with E-state index in [4.69, 9.17) is 9.47 Å². The van der Waals surface area contributed by atoms with Crippen LogP contribution in [0.1, 0.15) is 79.1 Å². The van der Waals surface area contributed by atoms with Crippen molar-refractivity contribution < 1.29 is 42.2 Å². The van der Waals surface area contributed by atoms with Crippen LogP contribution in [-0.2, 0) is 24.4 Å². The molecular weight excluding hydrogens is 691 g/mol. The Bertz CT molecular complexity index is 1860. The van der Waals surface area contributed by atoms with Crippen LogP contribution in [0.25, 0.3) is 10.8 Å². The molecule has 4 amide bonds. The van der Waals surface area contributed by atoms with Crippen LogP contribution in [0, 0.1) is 17.8 Å². The van der Waals surface area contributed by atoms with Gasteiger partial charge in [0.1, 0.15) is 29.5 Å². The number of carbonyl (C=O) groups excluding carboxylic acids is 3. The molecule has 1 aromatic heterocycles. The zero-order valence-electron chi connectivity index (χ0n) is 30.1. The Balaban J connectivity index is 1.35. The highest BCUT2D eigenvalue weighted by molar-refractivity contribution is 7.91. The molecule has 6 rings (SSSR count). The summed E-state index contributed by atoms with van der Waals surface area (Å²) in [5.74, 6) is -1.86. The van der Waals surface area contributed by atoms with Gasteiger partial charge in [-0.1, -0.05) is 50.6 Å². The minimum atomic E-state index is -4.00. The van der Waals surface area contributed by atoms with E-state index in [0.717, 1.165) is 11.8 Å². The van der Waals surface area contributed by atoms with Crippen molar-refractivity contribution in [2.45, 2.75) is 108 Å². The Kier molecular flexibility index (Phi) is 10.5. The number of hydrogen-bond donors (Lipinski definition) is 4. The lowest BCUT2D eigenvalue weighted by molar-refractivity contribution is -0.142. The highest BCUT2D eigenvalue weighted by atomic mass is 32.2. The number of ether oxygens (including phenoxy) is 2. The third-order valence-electron chi connectivity index (χ3n) is 11.2. The fourth-order valence-corrected chi connectivity index (χ4v) is 8.92. The molecule has 1 aromatic carbocycles. The molecule has 2 aliphatic carbocycles. The molecule has 0 bridgehead atoms. The topological polar surface area (TPSA) is 193 Å². The van der Waals surface area contributed by atoms with Crippen LogP contribution in [0.15, 0.2) is 42.6 Å². The first-order valence-corrected chi connectivity index (χ1v) is 19.7. The smallest absolute Gasteiger partial charge is 0.405 e. The molecule has 14 nitrogen and oxygen atoms in total. The van der Waals surface area contributed by atoms with Gasteiger partial charge >= 0.3 is 6.09 Å². The third-order valence-corrected chi connectivity index (χ3v) is 13.3. The number of nitrogens with zero attached hydrogens (tertiary/aromatic N) is 2. The molecule has 3 fully saturated rings. The van der Waals surface area contributed by atoms with E-state index in [-0.39, 0.29) is 37.1 Å². The average Bonchev–Trinajstić information content (AvgIpc) is 3.98. The monoisotopic (exact) mass is 739 g/mol. The Morgan fingerprint density at radius 1 is 1.13 bits per heavy atom. The number of carbonyl (C=O) groups is 4. The summed E-state index contributed by atoms with van der Waals surface area (Å²) in [7, 11) is -4.00. The van der Waals surface area contributed by atoms with E-state index in [9.17, 15) is 32.7 Å². The molecule has 0 unspecified atom stereocenters. The number of carboxylic acid groups (broad SMARTS) is 1. The summed E-state index contributed by atoms with van der Waals surface area (Å²) in [6.45, 7) is 7.79. The first-order valence-electron chi connectivity index (χ1n) is 18.2. The summed E-state index contributed by atoms with van der Waals surface area (Å²) < 4.78 is 39.6. The van der Waals surface area contributed by atoms with Gasteiger partial charge in [0.2, 0.25) is 27.7 Å². The van der Waals surface area contributed by atoms with Crippen molar-refractivity contribution in [3.63, 3.8) is 0 Å². The molecule has 15 heteroatoms. The van der Waals surface area contributed by atoms with E-state index in [1.807, 2.05) is 50.3 Å². The summed E-state index contributed by atoms with van der Waals surface area (Å²) >= 11 is 0. The van der Waals surface area contributed by atoms with E-state index in [2.05, 4.69) is 27.3 Å². The van der Waals surface area contributed by atoms with Crippen molar-refractivity contribution in [3.8, 4) is 11.6 Å². The summed E-state index contributed by atoms with van der Waals surface area (Å²) in [5.41, 5.74) is -1.54. The van der Waals surface area contributed by atoms with Crippen molar-refractivity contribution in [2.75, 3.05) is 13.2 Å². The zero-order valence-corrected chi connectivity index (χ0v) is 30.9. The summed E-state index contributed by atoms with van der Waals surface area (Å²) in [5, 5.41) is 16.6. The van der Waals surface area contributed by atoms with Gasteiger partial charge < -0.3 is 30.1 Å². The molecule has 282 valence electrons. The number of hydrogen-bond acceptors (Lipinski definition) is 9. The van der Waals surface area contributed by atoms with E-state index in [0.29, 0.717) is 49.8 Å². The largest absolute Gasteiger partial charge is 0.492 e. The van der Waals surface area contributed by atoms with Gasteiger partial charge in [0.25, 0.3) is 5.91 Å². The Labute approximate surface area is 304 Å². The van der Waals surface area contributed by atoms with Crippen molar-refractivity contribution in [2.24, 2.45) is 17.8 Å². The van der Waals surface area contributed by atoms with Crippen LogP contribution in [-0.4, -0.2) is 88.8 Å². The Morgan fingerprint density at radius 2 is 1.87 bits per heavy atom. The second-order valence-electron chi connectivity index (χ2n) is 15.0. The average molecular weight is 740 g/mol. The van der Waals surface area contributed by atoms with Gasteiger partial charge in [-0.3, -0.25) is 19.1 Å². The fraction of sp³-hybridized carbons (Fsp3) is 0.595. The Hall–Kier alpha value is -4.40. The molecular formula is C37H49N5O9S. The van der Waals surface area contributed by atoms with Crippen LogP contribution in [0.5, 0.6) is 11.6 Å². The second kappa shape index (κ2) is 14.6. The maximum absolute atomic E-state index is 14.5. The highest BCUT2D eigenvalue weighted by Crippen LogP contribution is 2.47. The van der Waals surface area contributed by atoms with E-state index >= 15 is 0 Å².